The first-order valence-corrected chi connectivity index (χ1v) is 6.38. The maximum atomic E-state index is 13.3. The third-order valence-corrected chi connectivity index (χ3v) is 3.81. The fraction of sp³-hybridized carbons (Fsp3) is 0.231. The van der Waals surface area contributed by atoms with Crippen LogP contribution in [0.1, 0.15) is 22.0 Å². The minimum atomic E-state index is -0.264. The molecule has 5 heteroatoms. The maximum absolute atomic E-state index is 13.3. The second-order valence-electron chi connectivity index (χ2n) is 3.99. The predicted octanol–water partition coefficient (Wildman–Crippen LogP) is 2.76. The maximum Gasteiger partial charge on any atom is 0.129 e. The Hall–Kier alpha value is -1.43. The van der Waals surface area contributed by atoms with Gasteiger partial charge in [0.2, 0.25) is 0 Å². The van der Waals surface area contributed by atoms with Crippen LogP contribution < -0.4 is 16.0 Å². The highest BCUT2D eigenvalue weighted by Crippen LogP contribution is 2.32. The van der Waals surface area contributed by atoms with Crippen molar-refractivity contribution in [3.8, 4) is 5.75 Å². The van der Waals surface area contributed by atoms with E-state index in [-0.39, 0.29) is 11.9 Å². The molecule has 0 saturated heterocycles. The van der Waals surface area contributed by atoms with Gasteiger partial charge in [-0.3, -0.25) is 5.84 Å². The highest BCUT2D eigenvalue weighted by molar-refractivity contribution is 7.10. The number of methoxy groups -OCH3 is 1. The molecule has 0 radical (unpaired) electrons. The molecule has 2 rings (SSSR count). The smallest absolute Gasteiger partial charge is 0.129 e. The minimum absolute atomic E-state index is 0.227. The number of thiophene rings is 1. The third kappa shape index (κ3) is 2.53. The van der Waals surface area contributed by atoms with Crippen molar-refractivity contribution in [1.82, 2.24) is 5.43 Å². The number of rotatable bonds is 4. The van der Waals surface area contributed by atoms with Crippen LogP contribution in [0.2, 0.25) is 0 Å². The van der Waals surface area contributed by atoms with Crippen molar-refractivity contribution in [2.45, 2.75) is 13.0 Å². The zero-order valence-corrected chi connectivity index (χ0v) is 11.1. The van der Waals surface area contributed by atoms with Gasteiger partial charge in [-0.05, 0) is 36.2 Å². The molecule has 0 amide bonds. The molecule has 1 aromatic heterocycles. The summed E-state index contributed by atoms with van der Waals surface area (Å²) >= 11 is 1.53. The predicted molar refractivity (Wildman–Crippen MR) is 71.2 cm³/mol. The molecular weight excluding hydrogens is 251 g/mol. The fourth-order valence-corrected chi connectivity index (χ4v) is 2.77. The topological polar surface area (TPSA) is 47.3 Å². The van der Waals surface area contributed by atoms with E-state index < -0.39 is 0 Å². The van der Waals surface area contributed by atoms with Crippen molar-refractivity contribution in [2.24, 2.45) is 5.84 Å². The number of ether oxygens (including phenoxy) is 1. The van der Waals surface area contributed by atoms with E-state index in [1.54, 1.807) is 13.2 Å². The number of hydrazine groups is 1. The first-order valence-electron chi connectivity index (χ1n) is 5.50. The first-order chi connectivity index (χ1) is 8.65. The average molecular weight is 266 g/mol. The monoisotopic (exact) mass is 266 g/mol. The number of nitrogens with one attached hydrogen (secondary N) is 1. The molecule has 0 saturated carbocycles. The van der Waals surface area contributed by atoms with Crippen LogP contribution in [-0.4, -0.2) is 7.11 Å². The van der Waals surface area contributed by atoms with Gasteiger partial charge >= 0.3 is 0 Å². The summed E-state index contributed by atoms with van der Waals surface area (Å²) in [6.45, 7) is 1.93. The van der Waals surface area contributed by atoms with E-state index in [1.807, 2.05) is 18.4 Å². The van der Waals surface area contributed by atoms with Gasteiger partial charge in [-0.1, -0.05) is 6.07 Å². The molecule has 0 spiro atoms. The molecule has 18 heavy (non-hydrogen) atoms. The second kappa shape index (κ2) is 5.48. The van der Waals surface area contributed by atoms with Crippen molar-refractivity contribution in [1.29, 1.82) is 0 Å². The summed E-state index contributed by atoms with van der Waals surface area (Å²) in [7, 11) is 1.62. The Morgan fingerprint density at radius 1 is 1.39 bits per heavy atom. The molecule has 1 aromatic carbocycles. The largest absolute Gasteiger partial charge is 0.496 e. The van der Waals surface area contributed by atoms with Gasteiger partial charge < -0.3 is 4.74 Å². The highest BCUT2D eigenvalue weighted by Gasteiger charge is 2.17. The number of benzene rings is 1. The minimum Gasteiger partial charge on any atom is -0.496 e. The lowest BCUT2D eigenvalue weighted by Crippen LogP contribution is -2.28. The number of halogens is 1. The molecule has 96 valence electrons. The van der Waals surface area contributed by atoms with Crippen molar-refractivity contribution in [2.75, 3.05) is 7.11 Å². The number of nitrogens with two attached hydrogens (primary N) is 1. The Kier molecular flexibility index (Phi) is 3.96. The van der Waals surface area contributed by atoms with Crippen molar-refractivity contribution >= 4 is 11.3 Å². The van der Waals surface area contributed by atoms with Gasteiger partial charge in [0, 0.05) is 10.3 Å². The van der Waals surface area contributed by atoms with Crippen LogP contribution in [0.5, 0.6) is 5.75 Å². The van der Waals surface area contributed by atoms with Crippen LogP contribution in [0.15, 0.2) is 29.6 Å². The quantitative estimate of drug-likeness (QED) is 0.661. The van der Waals surface area contributed by atoms with Crippen molar-refractivity contribution in [3.05, 3.63) is 51.5 Å². The van der Waals surface area contributed by atoms with E-state index in [0.717, 1.165) is 21.8 Å². The first kappa shape index (κ1) is 13.0. The summed E-state index contributed by atoms with van der Waals surface area (Å²) in [4.78, 5) is 0.989. The van der Waals surface area contributed by atoms with Crippen LogP contribution in [0.3, 0.4) is 0 Å². The van der Waals surface area contributed by atoms with Gasteiger partial charge in [0.05, 0.1) is 13.2 Å². The van der Waals surface area contributed by atoms with Crippen LogP contribution >= 0.6 is 11.3 Å². The number of aryl methyl sites for hydroxylation is 1. The lowest BCUT2D eigenvalue weighted by Gasteiger charge is -2.17. The Morgan fingerprint density at radius 3 is 2.78 bits per heavy atom. The Bertz CT molecular complexity index is 542. The molecular formula is C13H15FN2OS. The lowest BCUT2D eigenvalue weighted by atomic mass is 10.0. The average Bonchev–Trinajstić information content (AvgIpc) is 2.83. The molecule has 0 aliphatic rings. The van der Waals surface area contributed by atoms with Crippen LogP contribution in [0.4, 0.5) is 4.39 Å². The zero-order valence-electron chi connectivity index (χ0n) is 10.2. The van der Waals surface area contributed by atoms with Gasteiger partial charge in [0.1, 0.15) is 11.6 Å². The van der Waals surface area contributed by atoms with E-state index in [9.17, 15) is 4.39 Å². The molecule has 0 fully saturated rings. The number of hydrogen-bond acceptors (Lipinski definition) is 4. The molecule has 1 atom stereocenters. The molecule has 3 N–H and O–H groups in total. The summed E-state index contributed by atoms with van der Waals surface area (Å²) in [6.07, 6.45) is 0. The lowest BCUT2D eigenvalue weighted by molar-refractivity contribution is 0.416. The number of hydrogen-bond donors (Lipinski definition) is 2. The van der Waals surface area contributed by atoms with E-state index in [2.05, 4.69) is 5.43 Å². The van der Waals surface area contributed by atoms with Gasteiger partial charge in [-0.25, -0.2) is 9.82 Å². The van der Waals surface area contributed by atoms with Crippen LogP contribution in [0.25, 0.3) is 0 Å². The second-order valence-corrected chi connectivity index (χ2v) is 4.93. The molecule has 0 aliphatic carbocycles. The summed E-state index contributed by atoms with van der Waals surface area (Å²) in [5.41, 5.74) is 4.56. The summed E-state index contributed by atoms with van der Waals surface area (Å²) in [5, 5.41) is 1.90. The molecule has 3 nitrogen and oxygen atoms in total. The van der Waals surface area contributed by atoms with E-state index in [0.29, 0.717) is 0 Å². The third-order valence-electron chi connectivity index (χ3n) is 2.83. The van der Waals surface area contributed by atoms with Crippen LogP contribution in [-0.2, 0) is 0 Å². The van der Waals surface area contributed by atoms with Gasteiger partial charge in [0.25, 0.3) is 0 Å². The van der Waals surface area contributed by atoms with E-state index >= 15 is 0 Å². The van der Waals surface area contributed by atoms with Gasteiger partial charge in [-0.15, -0.1) is 11.3 Å². The molecule has 1 heterocycles. The van der Waals surface area contributed by atoms with Crippen molar-refractivity contribution in [3.63, 3.8) is 0 Å². The fourth-order valence-electron chi connectivity index (χ4n) is 1.84. The molecule has 2 aromatic rings. The molecule has 1 unspecified atom stereocenters. The summed E-state index contributed by atoms with van der Waals surface area (Å²) < 4.78 is 18.5. The van der Waals surface area contributed by atoms with E-state index in [1.165, 1.54) is 23.5 Å². The molecule has 0 bridgehead atoms. The van der Waals surface area contributed by atoms with Gasteiger partial charge in [0.15, 0.2) is 0 Å². The summed E-state index contributed by atoms with van der Waals surface area (Å²) in [5.74, 6) is 6.12. The normalized spacial score (nSPS) is 12.4. The highest BCUT2D eigenvalue weighted by atomic mass is 32.1. The Morgan fingerprint density at radius 2 is 2.17 bits per heavy atom. The Balaban J connectivity index is 2.41. The van der Waals surface area contributed by atoms with E-state index in [4.69, 9.17) is 10.6 Å². The zero-order chi connectivity index (χ0) is 13.1. The van der Waals surface area contributed by atoms with Crippen molar-refractivity contribution < 1.29 is 9.13 Å². The standard InChI is InChI=1S/C13H15FN2OS/c1-8-3-4-9(14)5-11(8)13(16-15)12-6-10(17-2)7-18-12/h3-7,13,16H,15H2,1-2H3. The van der Waals surface area contributed by atoms with Crippen LogP contribution in [0, 0.1) is 12.7 Å². The SMILES string of the molecule is COc1csc(C(NN)c2cc(F)ccc2C)c1. The Labute approximate surface area is 109 Å². The molecule has 0 aliphatic heterocycles. The summed E-state index contributed by atoms with van der Waals surface area (Å²) in [6, 6.07) is 6.38. The van der Waals surface area contributed by atoms with Gasteiger partial charge in [-0.2, -0.15) is 0 Å².